The number of imidazole rings is 1. The highest BCUT2D eigenvalue weighted by molar-refractivity contribution is 6.28. The summed E-state index contributed by atoms with van der Waals surface area (Å²) in [7, 11) is 0. The lowest BCUT2D eigenvalue weighted by atomic mass is 10.1. The first-order valence-corrected chi connectivity index (χ1v) is 10.1. The van der Waals surface area contributed by atoms with E-state index in [4.69, 9.17) is 11.6 Å². The van der Waals surface area contributed by atoms with Crippen LogP contribution in [0.15, 0.2) is 30.6 Å². The summed E-state index contributed by atoms with van der Waals surface area (Å²) in [4.78, 5) is 13.3. The topological polar surface area (TPSA) is 96.1 Å². The molecule has 0 radical (unpaired) electrons. The van der Waals surface area contributed by atoms with E-state index in [-0.39, 0.29) is 23.2 Å². The minimum absolute atomic E-state index is 0.126. The SMILES string of the molecule is O[C@@H]1[C@H](O)[C@@H]2C[C@@H]2[C@H]1n1cnc2c(Nc3ccccc3C3CC3)nc(Cl)nc21. The Morgan fingerprint density at radius 3 is 2.64 bits per heavy atom. The van der Waals surface area contributed by atoms with E-state index in [2.05, 4.69) is 32.4 Å². The van der Waals surface area contributed by atoms with Gasteiger partial charge in [-0.25, -0.2) is 4.98 Å². The van der Waals surface area contributed by atoms with Crippen molar-refractivity contribution in [2.45, 2.75) is 43.4 Å². The zero-order chi connectivity index (χ0) is 19.0. The minimum atomic E-state index is -0.818. The number of aromatic nitrogens is 4. The molecule has 144 valence electrons. The van der Waals surface area contributed by atoms with Gasteiger partial charge in [-0.15, -0.1) is 0 Å². The normalized spacial score (nSPS) is 31.2. The van der Waals surface area contributed by atoms with Crippen LogP contribution in [0.2, 0.25) is 5.28 Å². The van der Waals surface area contributed by atoms with E-state index in [0.717, 1.165) is 12.1 Å². The van der Waals surface area contributed by atoms with E-state index >= 15 is 0 Å². The van der Waals surface area contributed by atoms with E-state index in [1.54, 1.807) is 6.33 Å². The van der Waals surface area contributed by atoms with Crippen molar-refractivity contribution in [2.75, 3.05) is 5.32 Å². The molecule has 3 saturated carbocycles. The van der Waals surface area contributed by atoms with Gasteiger partial charge in [-0.3, -0.25) is 0 Å². The molecule has 1 aromatic carbocycles. The largest absolute Gasteiger partial charge is 0.390 e. The number of nitrogens with zero attached hydrogens (tertiary/aromatic N) is 4. The molecule has 6 rings (SSSR count). The van der Waals surface area contributed by atoms with Crippen LogP contribution in [-0.2, 0) is 0 Å². The highest BCUT2D eigenvalue weighted by Crippen LogP contribution is 2.58. The van der Waals surface area contributed by atoms with Crippen molar-refractivity contribution in [3.63, 3.8) is 0 Å². The Balaban J connectivity index is 1.43. The van der Waals surface area contributed by atoms with Crippen molar-refractivity contribution in [3.05, 3.63) is 41.4 Å². The molecule has 0 saturated heterocycles. The number of nitrogens with one attached hydrogen (secondary N) is 1. The molecule has 3 N–H and O–H groups in total. The second-order valence-electron chi connectivity index (χ2n) is 8.19. The van der Waals surface area contributed by atoms with Crippen molar-refractivity contribution < 1.29 is 10.2 Å². The van der Waals surface area contributed by atoms with Crippen molar-refractivity contribution >= 4 is 34.3 Å². The number of anilines is 2. The van der Waals surface area contributed by atoms with Gasteiger partial charge in [0.15, 0.2) is 17.0 Å². The van der Waals surface area contributed by atoms with E-state index < -0.39 is 12.2 Å². The summed E-state index contributed by atoms with van der Waals surface area (Å²) in [5, 5.41) is 24.2. The fourth-order valence-corrected chi connectivity index (χ4v) is 4.95. The predicted molar refractivity (Wildman–Crippen MR) is 105 cm³/mol. The van der Waals surface area contributed by atoms with Gasteiger partial charge in [0.05, 0.1) is 18.5 Å². The van der Waals surface area contributed by atoms with Crippen molar-refractivity contribution in [1.29, 1.82) is 0 Å². The fraction of sp³-hybridized carbons (Fsp3) is 0.450. The van der Waals surface area contributed by atoms with Gasteiger partial charge < -0.3 is 20.1 Å². The van der Waals surface area contributed by atoms with E-state index in [0.29, 0.717) is 22.9 Å². The first kappa shape index (κ1) is 16.7. The third-order valence-electron chi connectivity index (χ3n) is 6.41. The molecular formula is C20H20ClN5O2. The van der Waals surface area contributed by atoms with Crippen LogP contribution in [0.25, 0.3) is 11.2 Å². The molecule has 3 aliphatic rings. The number of aliphatic hydroxyl groups excluding tert-OH is 2. The predicted octanol–water partition coefficient (Wildman–Crippen LogP) is 3.01. The zero-order valence-electron chi connectivity index (χ0n) is 15.0. The second-order valence-corrected chi connectivity index (χ2v) is 8.53. The van der Waals surface area contributed by atoms with Crippen LogP contribution < -0.4 is 5.32 Å². The Labute approximate surface area is 166 Å². The number of fused-ring (bicyclic) bond motifs is 2. The maximum atomic E-state index is 10.5. The van der Waals surface area contributed by atoms with Gasteiger partial charge >= 0.3 is 0 Å². The maximum absolute atomic E-state index is 10.5. The molecule has 0 amide bonds. The lowest BCUT2D eigenvalue weighted by Crippen LogP contribution is -2.31. The van der Waals surface area contributed by atoms with Gasteiger partial charge in [-0.05, 0) is 60.2 Å². The van der Waals surface area contributed by atoms with Crippen LogP contribution in [-0.4, -0.2) is 41.9 Å². The molecule has 3 aromatic rings. The quantitative estimate of drug-likeness (QED) is 0.586. The number of aliphatic hydroxyl groups is 2. The standard InChI is InChI=1S/C20H20ClN5O2/c21-20-24-18(23-13-4-2-1-3-10(13)9-5-6-9)14-19(25-20)26(8-22-14)15-11-7-12(11)16(27)17(15)28/h1-4,8-9,11-12,15-17,27-28H,5-7H2,(H,23,24,25)/t11-,12+,15+,16+,17-/m0/s1. The maximum Gasteiger partial charge on any atom is 0.226 e. The summed E-state index contributed by atoms with van der Waals surface area (Å²) in [6.07, 6.45) is 3.50. The van der Waals surface area contributed by atoms with E-state index in [9.17, 15) is 10.2 Å². The van der Waals surface area contributed by atoms with Crippen LogP contribution in [0.3, 0.4) is 0 Å². The average molecular weight is 398 g/mol. The molecule has 2 heterocycles. The summed E-state index contributed by atoms with van der Waals surface area (Å²) >= 11 is 6.24. The molecule has 0 spiro atoms. The summed E-state index contributed by atoms with van der Waals surface area (Å²) in [6.45, 7) is 0. The van der Waals surface area contributed by atoms with E-state index in [1.807, 2.05) is 16.7 Å². The monoisotopic (exact) mass is 397 g/mol. The van der Waals surface area contributed by atoms with Gasteiger partial charge in [0.1, 0.15) is 6.10 Å². The first-order valence-electron chi connectivity index (χ1n) is 9.74. The van der Waals surface area contributed by atoms with Crippen LogP contribution in [0.5, 0.6) is 0 Å². The van der Waals surface area contributed by atoms with Gasteiger partial charge in [0.25, 0.3) is 0 Å². The molecule has 28 heavy (non-hydrogen) atoms. The number of benzene rings is 1. The van der Waals surface area contributed by atoms with Crippen LogP contribution in [0.4, 0.5) is 11.5 Å². The second kappa shape index (κ2) is 5.89. The molecule has 0 aliphatic heterocycles. The third kappa shape index (κ3) is 2.46. The first-order chi connectivity index (χ1) is 13.6. The molecule has 7 nitrogen and oxygen atoms in total. The number of halogens is 1. The molecule has 3 fully saturated rings. The van der Waals surface area contributed by atoms with Crippen molar-refractivity contribution in [1.82, 2.24) is 19.5 Å². The molecule has 0 unspecified atom stereocenters. The molecule has 2 aromatic heterocycles. The lowest BCUT2D eigenvalue weighted by Gasteiger charge is -2.22. The third-order valence-corrected chi connectivity index (χ3v) is 6.58. The van der Waals surface area contributed by atoms with E-state index in [1.165, 1.54) is 18.4 Å². The summed E-state index contributed by atoms with van der Waals surface area (Å²) in [5.41, 5.74) is 3.48. The molecule has 5 atom stereocenters. The van der Waals surface area contributed by atoms with Gasteiger partial charge in [-0.2, -0.15) is 9.97 Å². The smallest absolute Gasteiger partial charge is 0.226 e. The molecule has 0 bridgehead atoms. The van der Waals surface area contributed by atoms with Crippen LogP contribution >= 0.6 is 11.6 Å². The number of rotatable bonds is 4. The molecule has 8 heteroatoms. The minimum Gasteiger partial charge on any atom is -0.390 e. The van der Waals surface area contributed by atoms with Gasteiger partial charge in [0.2, 0.25) is 5.28 Å². The van der Waals surface area contributed by atoms with Crippen LogP contribution in [0, 0.1) is 11.8 Å². The van der Waals surface area contributed by atoms with Gasteiger partial charge in [-0.1, -0.05) is 18.2 Å². The summed E-state index contributed by atoms with van der Waals surface area (Å²) in [5.74, 6) is 1.57. The fourth-order valence-electron chi connectivity index (χ4n) is 4.78. The number of hydrogen-bond donors (Lipinski definition) is 3. The number of hydrogen-bond acceptors (Lipinski definition) is 6. The molecule has 3 aliphatic carbocycles. The van der Waals surface area contributed by atoms with Gasteiger partial charge in [0, 0.05) is 5.69 Å². The Hall–Kier alpha value is -2.22. The summed E-state index contributed by atoms with van der Waals surface area (Å²) in [6, 6.07) is 7.99. The Morgan fingerprint density at radius 2 is 1.89 bits per heavy atom. The lowest BCUT2D eigenvalue weighted by molar-refractivity contribution is 0.00386. The highest BCUT2D eigenvalue weighted by Gasteiger charge is 2.60. The van der Waals surface area contributed by atoms with Crippen molar-refractivity contribution in [3.8, 4) is 0 Å². The molecular weight excluding hydrogens is 378 g/mol. The van der Waals surface area contributed by atoms with Crippen LogP contribution in [0.1, 0.15) is 36.8 Å². The Morgan fingerprint density at radius 1 is 1.07 bits per heavy atom. The zero-order valence-corrected chi connectivity index (χ0v) is 15.8. The Kier molecular flexibility index (Phi) is 3.51. The van der Waals surface area contributed by atoms with Crippen molar-refractivity contribution in [2.24, 2.45) is 11.8 Å². The average Bonchev–Trinajstić information content (AvgIpc) is 3.59. The Bertz CT molecular complexity index is 1080. The summed E-state index contributed by atoms with van der Waals surface area (Å²) < 4.78 is 1.85. The number of para-hydroxylation sites is 1. The highest BCUT2D eigenvalue weighted by atomic mass is 35.5.